The third-order valence-electron chi connectivity index (χ3n) is 5.16. The summed E-state index contributed by atoms with van der Waals surface area (Å²) >= 11 is 0. The van der Waals surface area contributed by atoms with Gasteiger partial charge in [0.15, 0.2) is 0 Å². The van der Waals surface area contributed by atoms with Crippen LogP contribution in [0.15, 0.2) is 59.7 Å². The second-order valence-corrected chi connectivity index (χ2v) is 6.88. The predicted octanol–water partition coefficient (Wildman–Crippen LogP) is 3.04. The van der Waals surface area contributed by atoms with Crippen LogP contribution in [0.5, 0.6) is 5.75 Å². The Balaban J connectivity index is 1.50. The van der Waals surface area contributed by atoms with Crippen LogP contribution in [-0.2, 0) is 0 Å². The minimum absolute atomic E-state index is 0.244. The first-order valence-electron chi connectivity index (χ1n) is 12.1. The number of aromatic nitrogens is 3. The molecule has 3 aromatic rings. The number of anilines is 2. The van der Waals surface area contributed by atoms with Gasteiger partial charge >= 0.3 is 5.69 Å². The maximum Gasteiger partial charge on any atom is 0.350 e. The molecule has 1 aromatic heterocycles. The highest BCUT2D eigenvalue weighted by Gasteiger charge is 2.18. The number of phenols is 1. The molecule has 1 aliphatic heterocycles. The Morgan fingerprint density at radius 1 is 1.03 bits per heavy atom. The topological polar surface area (TPSA) is 66.5 Å². The van der Waals surface area contributed by atoms with Crippen LogP contribution in [0, 0.1) is 0 Å². The minimum atomic E-state index is -2.90. The van der Waals surface area contributed by atoms with Gasteiger partial charge in [-0.05, 0) is 61.8 Å². The molecule has 0 saturated carbocycles. The van der Waals surface area contributed by atoms with Crippen LogP contribution in [0.1, 0.15) is 33.0 Å². The van der Waals surface area contributed by atoms with Crippen molar-refractivity contribution < 1.29 is 12.0 Å². The molecule has 2 unspecified atom stereocenters. The van der Waals surface area contributed by atoms with Crippen molar-refractivity contribution in [3.8, 4) is 11.4 Å². The van der Waals surface area contributed by atoms with Gasteiger partial charge < -0.3 is 14.9 Å². The molecule has 1 aliphatic rings. The highest BCUT2D eigenvalue weighted by atomic mass is 16.3. The third-order valence-corrected chi connectivity index (χ3v) is 5.16. The Morgan fingerprint density at radius 3 is 2.07 bits per heavy atom. The van der Waals surface area contributed by atoms with E-state index in [2.05, 4.69) is 14.9 Å². The Morgan fingerprint density at radius 2 is 1.55 bits per heavy atom. The zero-order valence-electron chi connectivity index (χ0n) is 21.2. The summed E-state index contributed by atoms with van der Waals surface area (Å²) in [5, 5.41) is 13.3. The van der Waals surface area contributed by atoms with Gasteiger partial charge in [-0.3, -0.25) is 0 Å². The molecule has 1 fully saturated rings. The van der Waals surface area contributed by atoms with E-state index < -0.39 is 25.0 Å². The first-order valence-corrected chi connectivity index (χ1v) is 9.51. The number of piperazine rings is 1. The zero-order valence-corrected chi connectivity index (χ0v) is 16.2. The maximum absolute atomic E-state index is 12.9. The van der Waals surface area contributed by atoms with Gasteiger partial charge in [0.25, 0.3) is 0 Å². The van der Waals surface area contributed by atoms with Gasteiger partial charge in [0, 0.05) is 43.0 Å². The van der Waals surface area contributed by atoms with Gasteiger partial charge in [0.1, 0.15) is 12.1 Å². The van der Waals surface area contributed by atoms with Crippen molar-refractivity contribution in [3.63, 3.8) is 0 Å². The lowest BCUT2D eigenvalue weighted by molar-refractivity contribution is 0.460. The van der Waals surface area contributed by atoms with Crippen LogP contribution < -0.4 is 15.5 Å². The summed E-state index contributed by atoms with van der Waals surface area (Å²) in [5.41, 5.74) is 1.77. The van der Waals surface area contributed by atoms with Crippen molar-refractivity contribution >= 4 is 11.4 Å². The van der Waals surface area contributed by atoms with Gasteiger partial charge in [-0.15, -0.1) is 0 Å². The molecule has 29 heavy (non-hydrogen) atoms. The summed E-state index contributed by atoms with van der Waals surface area (Å²) in [5.74, 6) is 0.244. The standard InChI is InChI=1S/C22H27N5O2/c1-3-17(2)27-22(29)26(16-23-27)20-6-4-18(5-7-20)24-12-14-25(15-13-24)19-8-10-21(28)11-9-19/h4-11,16-17,28H,3,12-15H2,1-2H3/i2D3,3D,17D. The van der Waals surface area contributed by atoms with Crippen molar-refractivity contribution in [1.29, 1.82) is 0 Å². The van der Waals surface area contributed by atoms with E-state index in [1.165, 1.54) is 17.8 Å². The smallest absolute Gasteiger partial charge is 0.350 e. The quantitative estimate of drug-likeness (QED) is 0.716. The lowest BCUT2D eigenvalue weighted by Crippen LogP contribution is -2.46. The number of hydrogen-bond acceptors (Lipinski definition) is 5. The fraction of sp³-hybridized carbons (Fsp3) is 0.364. The van der Waals surface area contributed by atoms with Crippen molar-refractivity contribution in [2.24, 2.45) is 0 Å². The highest BCUT2D eigenvalue weighted by molar-refractivity contribution is 5.54. The predicted molar refractivity (Wildman–Crippen MR) is 115 cm³/mol. The zero-order chi connectivity index (χ0) is 24.7. The number of phenolic OH excluding ortho intramolecular Hbond substituents is 1. The normalized spacial score (nSPS) is 20.7. The first-order chi connectivity index (χ1) is 16.0. The molecule has 2 atom stereocenters. The van der Waals surface area contributed by atoms with Crippen molar-refractivity contribution in [3.05, 3.63) is 65.3 Å². The van der Waals surface area contributed by atoms with Crippen LogP contribution in [-0.4, -0.2) is 45.6 Å². The van der Waals surface area contributed by atoms with Crippen LogP contribution in [0.2, 0.25) is 0 Å². The average molecular weight is 399 g/mol. The molecule has 1 saturated heterocycles. The SMILES string of the molecule is [2H]C(C)C([2H])(n1ncn(-c2ccc(N3CCN(c4ccc(O)cc4)CC3)cc2)c1=O)C([2H])([2H])[2H]. The van der Waals surface area contributed by atoms with Crippen molar-refractivity contribution in [2.75, 3.05) is 36.0 Å². The van der Waals surface area contributed by atoms with Crippen molar-refractivity contribution in [1.82, 2.24) is 14.3 Å². The van der Waals surface area contributed by atoms with E-state index in [9.17, 15) is 9.90 Å². The molecule has 0 radical (unpaired) electrons. The Hall–Kier alpha value is -3.22. The largest absolute Gasteiger partial charge is 0.508 e. The van der Waals surface area contributed by atoms with Crippen LogP contribution in [0.4, 0.5) is 11.4 Å². The lowest BCUT2D eigenvalue weighted by Gasteiger charge is -2.37. The molecule has 0 bridgehead atoms. The summed E-state index contributed by atoms with van der Waals surface area (Å²) < 4.78 is 41.0. The third kappa shape index (κ3) is 3.85. The molecule has 2 heterocycles. The molecule has 0 spiro atoms. The monoisotopic (exact) mass is 398 g/mol. The Bertz CT molecular complexity index is 1180. The second-order valence-electron chi connectivity index (χ2n) is 6.88. The Kier molecular flexibility index (Phi) is 3.84. The summed E-state index contributed by atoms with van der Waals surface area (Å²) in [6.07, 6.45) is -0.214. The number of benzene rings is 2. The van der Waals surface area contributed by atoms with Gasteiger partial charge in [0.05, 0.1) is 13.1 Å². The molecule has 4 rings (SSSR count). The van der Waals surface area contributed by atoms with E-state index in [0.29, 0.717) is 10.4 Å². The number of nitrogens with zero attached hydrogens (tertiary/aromatic N) is 5. The van der Waals surface area contributed by atoms with Crippen molar-refractivity contribution in [2.45, 2.75) is 26.2 Å². The van der Waals surface area contributed by atoms with Crippen LogP contribution >= 0.6 is 0 Å². The van der Waals surface area contributed by atoms with E-state index in [0.717, 1.165) is 37.6 Å². The lowest BCUT2D eigenvalue weighted by atomic mass is 10.2. The number of hydrogen-bond donors (Lipinski definition) is 1. The van der Waals surface area contributed by atoms with Gasteiger partial charge in [-0.1, -0.05) is 6.92 Å². The molecule has 2 aromatic carbocycles. The number of aromatic hydroxyl groups is 1. The molecular weight excluding hydrogens is 366 g/mol. The molecular formula is C22H27N5O2. The Labute approximate surface area is 177 Å². The van der Waals surface area contributed by atoms with Crippen LogP contribution in [0.3, 0.4) is 0 Å². The molecule has 7 heteroatoms. The van der Waals surface area contributed by atoms with Gasteiger partial charge in [-0.25, -0.2) is 14.0 Å². The first kappa shape index (κ1) is 13.9. The fourth-order valence-electron chi connectivity index (χ4n) is 3.48. The van der Waals surface area contributed by atoms with Crippen LogP contribution in [0.25, 0.3) is 5.69 Å². The molecule has 152 valence electrons. The molecule has 0 aliphatic carbocycles. The average Bonchev–Trinajstić information content (AvgIpc) is 3.20. The van der Waals surface area contributed by atoms with E-state index in [1.54, 1.807) is 24.3 Å². The number of rotatable bonds is 5. The summed E-state index contributed by atoms with van der Waals surface area (Å²) in [7, 11) is 0. The minimum Gasteiger partial charge on any atom is -0.508 e. The summed E-state index contributed by atoms with van der Waals surface area (Å²) in [4.78, 5) is 17.4. The highest BCUT2D eigenvalue weighted by Crippen LogP contribution is 2.23. The molecule has 1 N–H and O–H groups in total. The van der Waals surface area contributed by atoms with Gasteiger partial charge in [-0.2, -0.15) is 5.10 Å². The molecule has 7 nitrogen and oxygen atoms in total. The fourth-order valence-corrected chi connectivity index (χ4v) is 3.48. The van der Waals surface area contributed by atoms with Gasteiger partial charge in [0.2, 0.25) is 0 Å². The summed E-state index contributed by atoms with van der Waals surface area (Å²) in [6.45, 7) is 1.62. The van der Waals surface area contributed by atoms with E-state index in [4.69, 9.17) is 6.85 Å². The maximum atomic E-state index is 12.9. The van der Waals surface area contributed by atoms with E-state index in [1.807, 2.05) is 24.3 Å². The van der Waals surface area contributed by atoms with E-state index in [-0.39, 0.29) is 5.75 Å². The molecule has 0 amide bonds. The van der Waals surface area contributed by atoms with E-state index >= 15 is 0 Å². The second kappa shape index (κ2) is 8.03. The summed E-state index contributed by atoms with van der Waals surface area (Å²) in [6, 6.07) is 11.9.